The van der Waals surface area contributed by atoms with Crippen molar-refractivity contribution in [2.45, 2.75) is 91.0 Å². The van der Waals surface area contributed by atoms with Crippen molar-refractivity contribution in [3.05, 3.63) is 12.2 Å². The van der Waals surface area contributed by atoms with E-state index in [1.165, 1.54) is 12.8 Å². The van der Waals surface area contributed by atoms with Gasteiger partial charge in [0.1, 0.15) is 6.29 Å². The van der Waals surface area contributed by atoms with Gasteiger partial charge in [0.2, 0.25) is 0 Å². The van der Waals surface area contributed by atoms with Crippen molar-refractivity contribution in [2.75, 3.05) is 0 Å². The molecule has 0 saturated heterocycles. The second-order valence-corrected chi connectivity index (χ2v) is 14.3. The van der Waals surface area contributed by atoms with Gasteiger partial charge in [-0.3, -0.25) is 4.79 Å². The summed E-state index contributed by atoms with van der Waals surface area (Å²) < 4.78 is 6.79. The molecule has 1 fully saturated rings. The quantitative estimate of drug-likeness (QED) is 0.374. The average Bonchev–Trinajstić information content (AvgIpc) is 2.34. The molecule has 0 unspecified atom stereocenters. The van der Waals surface area contributed by atoms with Gasteiger partial charge in [0.15, 0.2) is 8.32 Å². The van der Waals surface area contributed by atoms with Gasteiger partial charge in [-0.2, -0.15) is 0 Å². The lowest BCUT2D eigenvalue weighted by Gasteiger charge is -2.49. The van der Waals surface area contributed by atoms with E-state index in [0.29, 0.717) is 5.41 Å². The Morgan fingerprint density at radius 1 is 1.05 bits per heavy atom. The molecule has 0 aromatic rings. The Morgan fingerprint density at radius 2 is 1.55 bits per heavy atom. The molecule has 1 aliphatic rings. The summed E-state index contributed by atoms with van der Waals surface area (Å²) in [5.41, 5.74) is 0.128. The Kier molecular flexibility index (Phi) is 5.89. The van der Waals surface area contributed by atoms with E-state index in [0.717, 1.165) is 25.0 Å². The van der Waals surface area contributed by atoms with Gasteiger partial charge in [-0.05, 0) is 61.2 Å². The van der Waals surface area contributed by atoms with Crippen molar-refractivity contribution < 1.29 is 9.22 Å². The first-order valence-electron chi connectivity index (χ1n) is 8.66. The molecule has 0 heterocycles. The summed E-state index contributed by atoms with van der Waals surface area (Å²) in [6, 6.07) is 0. The summed E-state index contributed by atoms with van der Waals surface area (Å²) in [4.78, 5) is 10.8. The third kappa shape index (κ3) is 4.79. The maximum Gasteiger partial charge on any atom is 0.193 e. The van der Waals surface area contributed by atoms with Crippen LogP contribution in [-0.4, -0.2) is 20.2 Å². The molecular weight excluding hydrogens is 288 g/mol. The van der Waals surface area contributed by atoms with E-state index in [1.54, 1.807) is 6.08 Å². The Bertz CT molecular complexity index is 402. The monoisotopic (exact) mass is 324 g/mol. The fourth-order valence-electron chi connectivity index (χ4n) is 3.15. The molecule has 2 nitrogen and oxygen atoms in total. The molecular formula is C19H36O2Si. The standard InChI is InChI=1S/C19H36O2Si/c1-17(2,3)16-10-13-19(14-11-16,12-9-15-20)21-22(7,8)18(4,5)6/h9,12,15-16H,10-11,13-14H2,1-8H3/b12-9+. The molecule has 1 rings (SSSR count). The highest BCUT2D eigenvalue weighted by molar-refractivity contribution is 6.74. The molecule has 0 spiro atoms. The first kappa shape index (κ1) is 19.6. The number of rotatable bonds is 4. The lowest BCUT2D eigenvalue weighted by atomic mass is 9.68. The van der Waals surface area contributed by atoms with E-state index >= 15 is 0 Å². The fraction of sp³-hybridized carbons (Fsp3) is 0.842. The van der Waals surface area contributed by atoms with Gasteiger partial charge in [0.05, 0.1) is 5.60 Å². The first-order valence-corrected chi connectivity index (χ1v) is 11.6. The van der Waals surface area contributed by atoms with Crippen LogP contribution in [0.3, 0.4) is 0 Å². The highest BCUT2D eigenvalue weighted by Gasteiger charge is 2.46. The van der Waals surface area contributed by atoms with Crippen molar-refractivity contribution in [3.8, 4) is 0 Å². The zero-order valence-electron chi connectivity index (χ0n) is 16.0. The van der Waals surface area contributed by atoms with E-state index in [-0.39, 0.29) is 10.6 Å². The molecule has 0 N–H and O–H groups in total. The lowest BCUT2D eigenvalue weighted by molar-refractivity contribution is -0.104. The van der Waals surface area contributed by atoms with E-state index < -0.39 is 8.32 Å². The number of carbonyl (C=O) groups is 1. The molecule has 1 aliphatic carbocycles. The summed E-state index contributed by atoms with van der Waals surface area (Å²) in [7, 11) is -1.85. The van der Waals surface area contributed by atoms with Gasteiger partial charge >= 0.3 is 0 Å². The smallest absolute Gasteiger partial charge is 0.193 e. The minimum Gasteiger partial charge on any atom is -0.408 e. The molecule has 128 valence electrons. The van der Waals surface area contributed by atoms with Crippen molar-refractivity contribution >= 4 is 14.6 Å². The summed E-state index contributed by atoms with van der Waals surface area (Å²) in [6.45, 7) is 18.4. The second kappa shape index (κ2) is 6.60. The van der Waals surface area contributed by atoms with Crippen LogP contribution in [0.2, 0.25) is 18.1 Å². The Balaban J connectivity index is 2.96. The highest BCUT2D eigenvalue weighted by atomic mass is 28.4. The van der Waals surface area contributed by atoms with Gasteiger partial charge < -0.3 is 4.43 Å². The van der Waals surface area contributed by atoms with Gasteiger partial charge in [-0.25, -0.2) is 0 Å². The zero-order valence-corrected chi connectivity index (χ0v) is 17.0. The Morgan fingerprint density at radius 3 is 1.91 bits per heavy atom. The summed E-state index contributed by atoms with van der Waals surface area (Å²) in [6.07, 6.45) is 9.00. The molecule has 3 heteroatoms. The lowest BCUT2D eigenvalue weighted by Crippen LogP contribution is -2.51. The van der Waals surface area contributed by atoms with Crippen LogP contribution in [0.15, 0.2) is 12.2 Å². The maximum absolute atomic E-state index is 10.8. The minimum atomic E-state index is -1.85. The largest absolute Gasteiger partial charge is 0.408 e. The predicted molar refractivity (Wildman–Crippen MR) is 97.6 cm³/mol. The maximum atomic E-state index is 10.8. The summed E-state index contributed by atoms with van der Waals surface area (Å²) in [5.74, 6) is 0.744. The topological polar surface area (TPSA) is 26.3 Å². The summed E-state index contributed by atoms with van der Waals surface area (Å²) >= 11 is 0. The Labute approximate surface area is 138 Å². The number of hydrogen-bond acceptors (Lipinski definition) is 2. The second-order valence-electron chi connectivity index (χ2n) is 9.56. The van der Waals surface area contributed by atoms with Crippen LogP contribution in [0.25, 0.3) is 0 Å². The van der Waals surface area contributed by atoms with Crippen molar-refractivity contribution in [3.63, 3.8) is 0 Å². The highest BCUT2D eigenvalue weighted by Crippen LogP contribution is 2.47. The molecule has 0 aromatic carbocycles. The van der Waals surface area contributed by atoms with Crippen LogP contribution in [0, 0.1) is 11.3 Å². The number of carbonyl (C=O) groups excluding carboxylic acids is 1. The predicted octanol–water partition coefficient (Wildman–Crippen LogP) is 5.74. The van der Waals surface area contributed by atoms with Crippen molar-refractivity contribution in [2.24, 2.45) is 11.3 Å². The van der Waals surface area contributed by atoms with Gasteiger partial charge in [-0.15, -0.1) is 0 Å². The van der Waals surface area contributed by atoms with Gasteiger partial charge in [0.25, 0.3) is 0 Å². The van der Waals surface area contributed by atoms with E-state index in [1.807, 2.05) is 6.08 Å². The Hall–Kier alpha value is -0.413. The van der Waals surface area contributed by atoms with E-state index in [4.69, 9.17) is 4.43 Å². The average molecular weight is 325 g/mol. The molecule has 0 radical (unpaired) electrons. The molecule has 0 amide bonds. The molecule has 0 aromatic heterocycles. The number of aldehydes is 1. The molecule has 1 saturated carbocycles. The molecule has 22 heavy (non-hydrogen) atoms. The van der Waals surface area contributed by atoms with Gasteiger partial charge in [0, 0.05) is 0 Å². The third-order valence-electron chi connectivity index (χ3n) is 5.80. The SMILES string of the molecule is CC(C)(C)C1CCC(/C=C/C=O)(O[Si](C)(C)C(C)(C)C)CC1. The first-order chi connectivity index (χ1) is 9.83. The normalized spacial score (nSPS) is 28.1. The molecule has 0 bridgehead atoms. The van der Waals surface area contributed by atoms with Crippen LogP contribution < -0.4 is 0 Å². The third-order valence-corrected chi connectivity index (χ3v) is 10.3. The summed E-state index contributed by atoms with van der Waals surface area (Å²) in [5, 5.41) is 0.190. The van der Waals surface area contributed by atoms with Crippen LogP contribution in [0.5, 0.6) is 0 Å². The van der Waals surface area contributed by atoms with Crippen molar-refractivity contribution in [1.29, 1.82) is 0 Å². The van der Waals surface area contributed by atoms with Crippen LogP contribution in [0.4, 0.5) is 0 Å². The van der Waals surface area contributed by atoms with Crippen molar-refractivity contribution in [1.82, 2.24) is 0 Å². The number of hydrogen-bond donors (Lipinski definition) is 0. The van der Waals surface area contributed by atoms with Gasteiger partial charge in [-0.1, -0.05) is 47.6 Å². The van der Waals surface area contributed by atoms with E-state index in [9.17, 15) is 4.79 Å². The van der Waals surface area contributed by atoms with Crippen LogP contribution in [-0.2, 0) is 9.22 Å². The van der Waals surface area contributed by atoms with E-state index in [2.05, 4.69) is 54.6 Å². The van der Waals surface area contributed by atoms with Crippen LogP contribution in [0.1, 0.15) is 67.2 Å². The number of allylic oxidation sites excluding steroid dienone is 1. The molecule has 0 atom stereocenters. The van der Waals surface area contributed by atoms with Crippen LogP contribution >= 0.6 is 0 Å². The fourth-order valence-corrected chi connectivity index (χ4v) is 4.75. The minimum absolute atomic E-state index is 0.190. The zero-order chi connectivity index (χ0) is 17.2. The molecule has 0 aliphatic heterocycles.